The monoisotopic (exact) mass is 162 g/mol. The molecule has 0 amide bonds. The lowest BCUT2D eigenvalue weighted by atomic mass is 9.87. The fourth-order valence-corrected chi connectivity index (χ4v) is 1.66. The van der Waals surface area contributed by atoms with E-state index >= 15 is 0 Å². The van der Waals surface area contributed by atoms with Crippen LogP contribution < -0.4 is 0 Å². The Bertz CT molecular complexity index is 218. The minimum atomic E-state index is 0.675. The molecule has 0 bridgehead atoms. The van der Waals surface area contributed by atoms with Crippen LogP contribution in [-0.2, 0) is 0 Å². The van der Waals surface area contributed by atoms with E-state index in [4.69, 9.17) is 0 Å². The van der Waals surface area contributed by atoms with Crippen molar-refractivity contribution < 1.29 is 0 Å². The average molecular weight is 162 g/mol. The van der Waals surface area contributed by atoms with Crippen molar-refractivity contribution in [2.24, 2.45) is 5.92 Å². The maximum Gasteiger partial charge on any atom is -0.0153 e. The van der Waals surface area contributed by atoms with Crippen molar-refractivity contribution in [3.8, 4) is 0 Å². The van der Waals surface area contributed by atoms with Gasteiger partial charge in [-0.2, -0.15) is 0 Å². The number of rotatable bonds is 3. The first-order valence-corrected chi connectivity index (χ1v) is 4.80. The first-order valence-electron chi connectivity index (χ1n) is 4.80. The number of hydrogen-bond donors (Lipinski definition) is 0. The lowest BCUT2D eigenvalue weighted by molar-refractivity contribution is 0.682. The third-order valence-electron chi connectivity index (χ3n) is 2.39. The summed E-state index contributed by atoms with van der Waals surface area (Å²) in [5.41, 5.74) is 2.79. The van der Waals surface area contributed by atoms with Gasteiger partial charge in [-0.05, 0) is 24.3 Å². The summed E-state index contributed by atoms with van der Waals surface area (Å²) in [5.74, 6) is 0.675. The molecule has 1 rings (SSSR count). The molecule has 0 aromatic carbocycles. The van der Waals surface area contributed by atoms with Crippen molar-refractivity contribution in [1.82, 2.24) is 0 Å². The summed E-state index contributed by atoms with van der Waals surface area (Å²) in [6.45, 7) is 8.59. The second-order valence-corrected chi connectivity index (χ2v) is 3.54. The number of hydrogen-bond acceptors (Lipinski definition) is 0. The summed E-state index contributed by atoms with van der Waals surface area (Å²) >= 11 is 0. The summed E-state index contributed by atoms with van der Waals surface area (Å²) in [5, 5.41) is 0. The van der Waals surface area contributed by atoms with Crippen molar-refractivity contribution in [2.45, 2.75) is 33.1 Å². The minimum Gasteiger partial charge on any atom is -0.0955 e. The highest BCUT2D eigenvalue weighted by molar-refractivity contribution is 5.35. The van der Waals surface area contributed by atoms with Crippen molar-refractivity contribution in [1.29, 1.82) is 0 Å². The largest absolute Gasteiger partial charge is 0.0955 e. The first-order chi connectivity index (χ1) is 5.75. The van der Waals surface area contributed by atoms with Crippen LogP contribution in [0.2, 0.25) is 0 Å². The van der Waals surface area contributed by atoms with Gasteiger partial charge in [0.05, 0.1) is 0 Å². The molecule has 1 aliphatic rings. The molecule has 0 nitrogen and oxygen atoms in total. The van der Waals surface area contributed by atoms with E-state index in [-0.39, 0.29) is 0 Å². The minimum absolute atomic E-state index is 0.675. The van der Waals surface area contributed by atoms with E-state index in [0.29, 0.717) is 5.92 Å². The van der Waals surface area contributed by atoms with Gasteiger partial charge >= 0.3 is 0 Å². The predicted octanol–water partition coefficient (Wildman–Crippen LogP) is 3.87. The van der Waals surface area contributed by atoms with Gasteiger partial charge in [-0.1, -0.05) is 50.6 Å². The molecule has 1 unspecified atom stereocenters. The molecule has 0 spiro atoms. The smallest absolute Gasteiger partial charge is 0.0153 e. The molecule has 12 heavy (non-hydrogen) atoms. The second-order valence-electron chi connectivity index (χ2n) is 3.54. The highest BCUT2D eigenvalue weighted by atomic mass is 14.2. The molecule has 0 heterocycles. The van der Waals surface area contributed by atoms with Gasteiger partial charge in [-0.3, -0.25) is 0 Å². The molecule has 0 heteroatoms. The maximum absolute atomic E-state index is 4.12. The normalized spacial score (nSPS) is 22.2. The molecule has 1 aliphatic carbocycles. The Morgan fingerprint density at radius 2 is 2.42 bits per heavy atom. The Labute approximate surface area is 75.7 Å². The van der Waals surface area contributed by atoms with E-state index in [2.05, 4.69) is 38.7 Å². The molecular weight excluding hydrogens is 144 g/mol. The van der Waals surface area contributed by atoms with Gasteiger partial charge in [0.25, 0.3) is 0 Å². The van der Waals surface area contributed by atoms with Crippen LogP contribution in [0.3, 0.4) is 0 Å². The van der Waals surface area contributed by atoms with Gasteiger partial charge in [0.2, 0.25) is 0 Å². The Morgan fingerprint density at radius 1 is 1.67 bits per heavy atom. The molecule has 0 fully saturated rings. The maximum atomic E-state index is 4.12. The zero-order valence-corrected chi connectivity index (χ0v) is 8.14. The molecule has 1 atom stereocenters. The van der Waals surface area contributed by atoms with Crippen molar-refractivity contribution >= 4 is 0 Å². The molecule has 0 N–H and O–H groups in total. The average Bonchev–Trinajstić information content (AvgIpc) is 2.05. The van der Waals surface area contributed by atoms with Gasteiger partial charge in [-0.15, -0.1) is 0 Å². The van der Waals surface area contributed by atoms with Crippen molar-refractivity contribution in [3.05, 3.63) is 36.0 Å². The Hall–Kier alpha value is -0.780. The summed E-state index contributed by atoms with van der Waals surface area (Å²) < 4.78 is 0. The molecular formula is C12H18. The van der Waals surface area contributed by atoms with Gasteiger partial charge in [0.1, 0.15) is 0 Å². The summed E-state index contributed by atoms with van der Waals surface area (Å²) in [4.78, 5) is 0. The second kappa shape index (κ2) is 4.30. The van der Waals surface area contributed by atoms with E-state index in [1.54, 1.807) is 0 Å². The van der Waals surface area contributed by atoms with Gasteiger partial charge < -0.3 is 0 Å². The Morgan fingerprint density at radius 3 is 3.00 bits per heavy atom. The van der Waals surface area contributed by atoms with Crippen LogP contribution in [0.4, 0.5) is 0 Å². The molecule has 0 saturated heterocycles. The van der Waals surface area contributed by atoms with Crippen LogP contribution in [-0.4, -0.2) is 0 Å². The van der Waals surface area contributed by atoms with Crippen molar-refractivity contribution in [3.63, 3.8) is 0 Å². The summed E-state index contributed by atoms with van der Waals surface area (Å²) in [6, 6.07) is 0. The topological polar surface area (TPSA) is 0 Å². The van der Waals surface area contributed by atoms with E-state index in [9.17, 15) is 0 Å². The Balaban J connectivity index is 2.65. The molecule has 0 radical (unpaired) electrons. The third-order valence-corrected chi connectivity index (χ3v) is 2.39. The summed E-state index contributed by atoms with van der Waals surface area (Å²) in [7, 11) is 0. The van der Waals surface area contributed by atoms with E-state index in [0.717, 1.165) is 6.42 Å². The van der Waals surface area contributed by atoms with E-state index in [1.807, 2.05) is 0 Å². The standard InChI is InChI=1S/C12H18/c1-4-7-10(2)12-9-6-5-8-11(12)3/h5-6,9,11H,2,4,7-8H2,1,3H3. The predicted molar refractivity (Wildman–Crippen MR) is 55.1 cm³/mol. The Kier molecular flexibility index (Phi) is 3.33. The SMILES string of the molecule is C=C(CCC)C1=CC=CCC1C. The quantitative estimate of drug-likeness (QED) is 0.591. The molecule has 0 aromatic rings. The lowest BCUT2D eigenvalue weighted by Gasteiger charge is -2.18. The van der Waals surface area contributed by atoms with Gasteiger partial charge in [0, 0.05) is 0 Å². The fourth-order valence-electron chi connectivity index (χ4n) is 1.66. The highest BCUT2D eigenvalue weighted by Crippen LogP contribution is 2.27. The zero-order chi connectivity index (χ0) is 8.97. The first kappa shape index (κ1) is 9.31. The summed E-state index contributed by atoms with van der Waals surface area (Å²) in [6.07, 6.45) is 10.1. The van der Waals surface area contributed by atoms with Crippen LogP contribution in [0.1, 0.15) is 33.1 Å². The molecule has 0 aromatic heterocycles. The third kappa shape index (κ3) is 2.10. The van der Waals surface area contributed by atoms with E-state index in [1.165, 1.54) is 24.0 Å². The number of allylic oxidation sites excluding steroid dienone is 5. The van der Waals surface area contributed by atoms with Crippen molar-refractivity contribution in [2.75, 3.05) is 0 Å². The molecule has 66 valence electrons. The lowest BCUT2D eigenvalue weighted by Crippen LogP contribution is -2.03. The zero-order valence-electron chi connectivity index (χ0n) is 8.14. The fraction of sp³-hybridized carbons (Fsp3) is 0.500. The molecule has 0 aliphatic heterocycles. The van der Waals surface area contributed by atoms with Gasteiger partial charge in [-0.25, -0.2) is 0 Å². The highest BCUT2D eigenvalue weighted by Gasteiger charge is 2.11. The van der Waals surface area contributed by atoms with Crippen LogP contribution >= 0.6 is 0 Å². The van der Waals surface area contributed by atoms with Gasteiger partial charge in [0.15, 0.2) is 0 Å². The van der Waals surface area contributed by atoms with E-state index < -0.39 is 0 Å². The molecule has 0 saturated carbocycles. The van der Waals surface area contributed by atoms with Crippen LogP contribution in [0.25, 0.3) is 0 Å². The van der Waals surface area contributed by atoms with Crippen LogP contribution in [0, 0.1) is 5.92 Å². The van der Waals surface area contributed by atoms with Crippen LogP contribution in [0.15, 0.2) is 36.0 Å². The van der Waals surface area contributed by atoms with Crippen LogP contribution in [0.5, 0.6) is 0 Å².